The summed E-state index contributed by atoms with van der Waals surface area (Å²) in [5, 5.41) is 2.61. The molecule has 2 aromatic rings. The molecule has 0 saturated heterocycles. The number of hydrogen-bond donors (Lipinski definition) is 0. The standard InChI is InChI=1S/C13H12BrNOS/c14-12-8-17-13(15-12)16-11-6-5-9-3-1-2-4-10(9)7-11/h5-8H,1-4H2. The molecule has 0 atom stereocenters. The number of nitrogens with zero attached hydrogens (tertiary/aromatic N) is 1. The van der Waals surface area contributed by atoms with Crippen molar-refractivity contribution in [3.05, 3.63) is 39.3 Å². The number of hydrogen-bond acceptors (Lipinski definition) is 3. The van der Waals surface area contributed by atoms with E-state index in [4.69, 9.17) is 4.74 Å². The Morgan fingerprint density at radius 3 is 2.76 bits per heavy atom. The first-order valence-electron chi connectivity index (χ1n) is 5.72. The van der Waals surface area contributed by atoms with Crippen LogP contribution in [0.3, 0.4) is 0 Å². The van der Waals surface area contributed by atoms with Crippen LogP contribution in [0.5, 0.6) is 10.9 Å². The fourth-order valence-electron chi connectivity index (χ4n) is 2.16. The third-order valence-electron chi connectivity index (χ3n) is 2.98. The summed E-state index contributed by atoms with van der Waals surface area (Å²) in [7, 11) is 0. The van der Waals surface area contributed by atoms with Gasteiger partial charge in [0, 0.05) is 5.38 Å². The van der Waals surface area contributed by atoms with Gasteiger partial charge in [-0.3, -0.25) is 0 Å². The van der Waals surface area contributed by atoms with Crippen LogP contribution < -0.4 is 4.74 Å². The Morgan fingerprint density at radius 2 is 2.00 bits per heavy atom. The Labute approximate surface area is 113 Å². The van der Waals surface area contributed by atoms with Gasteiger partial charge in [0.2, 0.25) is 0 Å². The van der Waals surface area contributed by atoms with E-state index in [1.807, 2.05) is 11.4 Å². The lowest BCUT2D eigenvalue weighted by Gasteiger charge is -2.16. The maximum atomic E-state index is 5.74. The van der Waals surface area contributed by atoms with Gasteiger partial charge in [0.25, 0.3) is 5.19 Å². The Bertz CT molecular complexity index is 538. The minimum absolute atomic E-state index is 0.688. The maximum Gasteiger partial charge on any atom is 0.279 e. The summed E-state index contributed by atoms with van der Waals surface area (Å²) < 4.78 is 6.57. The topological polar surface area (TPSA) is 22.1 Å². The summed E-state index contributed by atoms with van der Waals surface area (Å²) in [6.07, 6.45) is 4.98. The van der Waals surface area contributed by atoms with Crippen LogP contribution in [0.4, 0.5) is 0 Å². The van der Waals surface area contributed by atoms with Gasteiger partial charge in [-0.05, 0) is 64.9 Å². The van der Waals surface area contributed by atoms with Crippen molar-refractivity contribution in [3.63, 3.8) is 0 Å². The summed E-state index contributed by atoms with van der Waals surface area (Å²) >= 11 is 4.83. The van der Waals surface area contributed by atoms with Gasteiger partial charge in [-0.2, -0.15) is 4.98 Å². The van der Waals surface area contributed by atoms with E-state index in [1.54, 1.807) is 0 Å². The van der Waals surface area contributed by atoms with Crippen LogP contribution in [-0.2, 0) is 12.8 Å². The van der Waals surface area contributed by atoms with Gasteiger partial charge >= 0.3 is 0 Å². The van der Waals surface area contributed by atoms with Gasteiger partial charge in [-0.15, -0.1) is 0 Å². The van der Waals surface area contributed by atoms with Crippen LogP contribution in [0.15, 0.2) is 28.2 Å². The molecule has 0 spiro atoms. The molecule has 2 nitrogen and oxygen atoms in total. The fraction of sp³-hybridized carbons (Fsp3) is 0.308. The SMILES string of the molecule is Brc1csc(Oc2ccc3c(c2)CCCC3)n1. The largest absolute Gasteiger partial charge is 0.431 e. The molecule has 3 rings (SSSR count). The first-order chi connectivity index (χ1) is 8.31. The number of fused-ring (bicyclic) bond motifs is 1. The average molecular weight is 310 g/mol. The van der Waals surface area contributed by atoms with Crippen molar-refractivity contribution in [2.45, 2.75) is 25.7 Å². The Hall–Kier alpha value is -0.870. The highest BCUT2D eigenvalue weighted by Crippen LogP contribution is 2.30. The lowest BCUT2D eigenvalue weighted by molar-refractivity contribution is 0.476. The molecule has 4 heteroatoms. The highest BCUT2D eigenvalue weighted by molar-refractivity contribution is 9.10. The van der Waals surface area contributed by atoms with E-state index < -0.39 is 0 Å². The Balaban J connectivity index is 1.84. The molecule has 1 heterocycles. The normalized spacial score (nSPS) is 14.4. The van der Waals surface area contributed by atoms with Gasteiger partial charge in [0.05, 0.1) is 0 Å². The molecule has 0 amide bonds. The number of aryl methyl sites for hydroxylation is 2. The molecule has 1 aliphatic rings. The van der Waals surface area contributed by atoms with Crippen LogP contribution >= 0.6 is 27.3 Å². The summed E-state index contributed by atoms with van der Waals surface area (Å²) in [4.78, 5) is 4.23. The number of aromatic nitrogens is 1. The molecule has 0 saturated carbocycles. The monoisotopic (exact) mass is 309 g/mol. The second kappa shape index (κ2) is 4.78. The molecule has 1 aromatic heterocycles. The zero-order chi connectivity index (χ0) is 11.7. The van der Waals surface area contributed by atoms with Crippen LogP contribution in [0.1, 0.15) is 24.0 Å². The predicted molar refractivity (Wildman–Crippen MR) is 73.0 cm³/mol. The first-order valence-corrected chi connectivity index (χ1v) is 7.39. The van der Waals surface area contributed by atoms with E-state index in [0.29, 0.717) is 5.19 Å². The second-order valence-corrected chi connectivity index (χ2v) is 5.81. The van der Waals surface area contributed by atoms with Crippen molar-refractivity contribution < 1.29 is 4.74 Å². The summed E-state index contributed by atoms with van der Waals surface area (Å²) in [6, 6.07) is 6.38. The van der Waals surface area contributed by atoms with Gasteiger partial charge in [-0.1, -0.05) is 17.4 Å². The average Bonchev–Trinajstić information content (AvgIpc) is 2.75. The first kappa shape index (κ1) is 11.2. The van der Waals surface area contributed by atoms with Crippen LogP contribution in [0.25, 0.3) is 0 Å². The minimum Gasteiger partial charge on any atom is -0.431 e. The number of ether oxygens (including phenoxy) is 1. The molecule has 0 N–H and O–H groups in total. The Kier molecular flexibility index (Phi) is 3.16. The quantitative estimate of drug-likeness (QED) is 0.810. The number of halogens is 1. The summed E-state index contributed by atoms with van der Waals surface area (Å²) in [5.41, 5.74) is 2.91. The molecule has 0 unspecified atom stereocenters. The van der Waals surface area contributed by atoms with E-state index in [0.717, 1.165) is 10.4 Å². The molecular formula is C13H12BrNOS. The van der Waals surface area contributed by atoms with Crippen LogP contribution in [0.2, 0.25) is 0 Å². The van der Waals surface area contributed by atoms with E-state index in [1.165, 1.54) is 48.1 Å². The lowest BCUT2D eigenvalue weighted by atomic mass is 9.92. The van der Waals surface area contributed by atoms with Gasteiger partial charge in [-0.25, -0.2) is 0 Å². The number of benzene rings is 1. The number of rotatable bonds is 2. The van der Waals surface area contributed by atoms with E-state index >= 15 is 0 Å². The van der Waals surface area contributed by atoms with Crippen molar-refractivity contribution in [2.24, 2.45) is 0 Å². The molecule has 1 aliphatic carbocycles. The highest BCUT2D eigenvalue weighted by Gasteiger charge is 2.10. The molecule has 88 valence electrons. The molecule has 0 bridgehead atoms. The fourth-order valence-corrected chi connectivity index (χ4v) is 3.26. The molecule has 1 aromatic carbocycles. The van der Waals surface area contributed by atoms with Gasteiger partial charge in [0.15, 0.2) is 0 Å². The van der Waals surface area contributed by atoms with Crippen molar-refractivity contribution in [3.8, 4) is 10.9 Å². The van der Waals surface area contributed by atoms with E-state index in [9.17, 15) is 0 Å². The maximum absolute atomic E-state index is 5.74. The molecule has 0 aliphatic heterocycles. The lowest BCUT2D eigenvalue weighted by Crippen LogP contribution is -2.02. The number of thiazole rings is 1. The van der Waals surface area contributed by atoms with E-state index in [-0.39, 0.29) is 0 Å². The van der Waals surface area contributed by atoms with Crippen molar-refractivity contribution >= 4 is 27.3 Å². The van der Waals surface area contributed by atoms with Gasteiger partial charge < -0.3 is 4.74 Å². The predicted octanol–water partition coefficient (Wildman–Crippen LogP) is 4.58. The third kappa shape index (κ3) is 2.53. The molecular weight excluding hydrogens is 298 g/mol. The summed E-state index contributed by atoms with van der Waals surface area (Å²) in [5.74, 6) is 0.896. The molecule has 0 fully saturated rings. The third-order valence-corrected chi connectivity index (χ3v) is 4.41. The zero-order valence-corrected chi connectivity index (χ0v) is 11.7. The van der Waals surface area contributed by atoms with E-state index in [2.05, 4.69) is 33.0 Å². The molecule has 0 radical (unpaired) electrons. The van der Waals surface area contributed by atoms with Crippen molar-refractivity contribution in [2.75, 3.05) is 0 Å². The molecule has 17 heavy (non-hydrogen) atoms. The smallest absolute Gasteiger partial charge is 0.279 e. The highest BCUT2D eigenvalue weighted by atomic mass is 79.9. The van der Waals surface area contributed by atoms with Crippen LogP contribution in [0, 0.1) is 0 Å². The van der Waals surface area contributed by atoms with Gasteiger partial charge in [0.1, 0.15) is 10.4 Å². The second-order valence-electron chi connectivity index (χ2n) is 4.18. The minimum atomic E-state index is 0.688. The Morgan fingerprint density at radius 1 is 1.18 bits per heavy atom. The van der Waals surface area contributed by atoms with Crippen molar-refractivity contribution in [1.29, 1.82) is 0 Å². The van der Waals surface area contributed by atoms with Crippen molar-refractivity contribution in [1.82, 2.24) is 4.98 Å². The summed E-state index contributed by atoms with van der Waals surface area (Å²) in [6.45, 7) is 0. The zero-order valence-electron chi connectivity index (χ0n) is 9.28. The van der Waals surface area contributed by atoms with Crippen LogP contribution in [-0.4, -0.2) is 4.98 Å².